The molecule has 5 nitrogen and oxygen atoms in total. The fraction of sp³-hybridized carbons (Fsp3) is 0.200. The van der Waals surface area contributed by atoms with Crippen molar-refractivity contribution in [3.05, 3.63) is 76.1 Å². The fourth-order valence-electron chi connectivity index (χ4n) is 2.62. The molecule has 0 saturated heterocycles. The van der Waals surface area contributed by atoms with Crippen molar-refractivity contribution in [1.29, 1.82) is 0 Å². The highest BCUT2D eigenvalue weighted by Crippen LogP contribution is 2.14. The molecule has 25 heavy (non-hydrogen) atoms. The molecule has 1 N–H and O–H groups in total. The zero-order chi connectivity index (χ0) is 17.8. The molecule has 0 aliphatic heterocycles. The van der Waals surface area contributed by atoms with Crippen LogP contribution in [0.5, 0.6) is 0 Å². The minimum Gasteiger partial charge on any atom is -0.451 e. The Kier molecular flexibility index (Phi) is 4.84. The molecule has 0 saturated carbocycles. The minimum absolute atomic E-state index is 0.0312. The average molecular weight is 336 g/mol. The monoisotopic (exact) mass is 336 g/mol. The van der Waals surface area contributed by atoms with E-state index in [4.69, 9.17) is 4.42 Å². The van der Waals surface area contributed by atoms with Crippen molar-refractivity contribution in [1.82, 2.24) is 5.32 Å². The smallest absolute Gasteiger partial charge is 0.287 e. The van der Waals surface area contributed by atoms with Crippen LogP contribution in [0.3, 0.4) is 0 Å². The molecule has 1 amide bonds. The Hall–Kier alpha value is -3.08. The quantitative estimate of drug-likeness (QED) is 0.778. The summed E-state index contributed by atoms with van der Waals surface area (Å²) in [6.45, 7) is 3.00. The SMILES string of the molecule is Cc1ccc2oc(C(=O)NCCN(C)c3ccccc3)cc(=O)c2c1. The molecule has 1 heterocycles. The molecule has 0 unspecified atom stereocenters. The second-order valence-electron chi connectivity index (χ2n) is 5.99. The van der Waals surface area contributed by atoms with E-state index in [1.165, 1.54) is 6.07 Å². The van der Waals surface area contributed by atoms with Crippen molar-refractivity contribution in [2.24, 2.45) is 0 Å². The molecule has 0 atom stereocenters. The van der Waals surface area contributed by atoms with Crippen molar-refractivity contribution < 1.29 is 9.21 Å². The highest BCUT2D eigenvalue weighted by atomic mass is 16.3. The summed E-state index contributed by atoms with van der Waals surface area (Å²) in [5, 5.41) is 3.28. The van der Waals surface area contributed by atoms with E-state index in [9.17, 15) is 9.59 Å². The zero-order valence-electron chi connectivity index (χ0n) is 14.3. The van der Waals surface area contributed by atoms with E-state index < -0.39 is 0 Å². The van der Waals surface area contributed by atoms with Crippen LogP contribution < -0.4 is 15.6 Å². The van der Waals surface area contributed by atoms with Crippen molar-refractivity contribution in [2.75, 3.05) is 25.0 Å². The summed E-state index contributed by atoms with van der Waals surface area (Å²) >= 11 is 0. The standard InChI is InChI=1S/C20H20N2O3/c1-14-8-9-18-16(12-14)17(23)13-19(25-18)20(24)21-10-11-22(2)15-6-4-3-5-7-15/h3-9,12-13H,10-11H2,1-2H3,(H,21,24). The van der Waals surface area contributed by atoms with Crippen molar-refractivity contribution in [3.8, 4) is 0 Å². The number of para-hydroxylation sites is 1. The topological polar surface area (TPSA) is 62.6 Å². The number of hydrogen-bond acceptors (Lipinski definition) is 4. The minimum atomic E-state index is -0.388. The van der Waals surface area contributed by atoms with Gasteiger partial charge < -0.3 is 14.6 Å². The number of carbonyl (C=O) groups is 1. The third-order valence-electron chi connectivity index (χ3n) is 4.04. The molecular formula is C20H20N2O3. The first-order chi connectivity index (χ1) is 12.0. The lowest BCUT2D eigenvalue weighted by Crippen LogP contribution is -2.33. The molecule has 3 aromatic rings. The highest BCUT2D eigenvalue weighted by Gasteiger charge is 2.12. The number of nitrogens with zero attached hydrogens (tertiary/aromatic N) is 1. The second-order valence-corrected chi connectivity index (χ2v) is 5.99. The normalized spacial score (nSPS) is 10.6. The predicted molar refractivity (Wildman–Crippen MR) is 99.3 cm³/mol. The van der Waals surface area contributed by atoms with Gasteiger partial charge in [0.15, 0.2) is 11.2 Å². The molecule has 2 aromatic carbocycles. The number of hydrogen-bond donors (Lipinski definition) is 1. The van der Waals surface area contributed by atoms with Gasteiger partial charge >= 0.3 is 0 Å². The zero-order valence-corrected chi connectivity index (χ0v) is 14.3. The summed E-state index contributed by atoms with van der Waals surface area (Å²) in [6.07, 6.45) is 0. The van der Waals surface area contributed by atoms with Gasteiger partial charge in [0, 0.05) is 31.9 Å². The third-order valence-corrected chi connectivity index (χ3v) is 4.04. The lowest BCUT2D eigenvalue weighted by molar-refractivity contribution is 0.0927. The average Bonchev–Trinajstić information content (AvgIpc) is 2.62. The number of amides is 1. The number of benzene rings is 2. The molecule has 3 rings (SSSR count). The summed E-state index contributed by atoms with van der Waals surface area (Å²) in [4.78, 5) is 26.5. The van der Waals surface area contributed by atoms with E-state index in [2.05, 4.69) is 5.32 Å². The Morgan fingerprint density at radius 1 is 1.12 bits per heavy atom. The van der Waals surface area contributed by atoms with Crippen LogP contribution in [0.4, 0.5) is 5.69 Å². The van der Waals surface area contributed by atoms with E-state index in [1.54, 1.807) is 12.1 Å². The predicted octanol–water partition coefficient (Wildman–Crippen LogP) is 2.97. The number of nitrogens with one attached hydrogen (secondary N) is 1. The van der Waals surface area contributed by atoms with Crippen LogP contribution in [0.15, 0.2) is 63.8 Å². The van der Waals surface area contributed by atoms with E-state index >= 15 is 0 Å². The van der Waals surface area contributed by atoms with Gasteiger partial charge in [0.05, 0.1) is 5.39 Å². The molecule has 0 fully saturated rings. The molecule has 0 aliphatic carbocycles. The Bertz CT molecular complexity index is 948. The van der Waals surface area contributed by atoms with Crippen LogP contribution >= 0.6 is 0 Å². The molecule has 0 radical (unpaired) electrons. The molecule has 128 valence electrons. The first-order valence-electron chi connectivity index (χ1n) is 8.13. The van der Waals surface area contributed by atoms with Gasteiger partial charge in [-0.1, -0.05) is 29.8 Å². The number of anilines is 1. The van der Waals surface area contributed by atoms with Crippen molar-refractivity contribution in [2.45, 2.75) is 6.92 Å². The molecule has 5 heteroatoms. The van der Waals surface area contributed by atoms with Gasteiger partial charge in [0.2, 0.25) is 0 Å². The Morgan fingerprint density at radius 3 is 2.64 bits per heavy atom. The Balaban J connectivity index is 1.66. The maximum Gasteiger partial charge on any atom is 0.287 e. The van der Waals surface area contributed by atoms with Crippen LogP contribution in [-0.4, -0.2) is 26.0 Å². The number of carbonyl (C=O) groups excluding carboxylic acids is 1. The summed E-state index contributed by atoms with van der Waals surface area (Å²) in [6, 6.07) is 16.5. The molecule has 1 aromatic heterocycles. The van der Waals surface area contributed by atoms with Gasteiger partial charge in [-0.05, 0) is 31.2 Å². The van der Waals surface area contributed by atoms with Gasteiger partial charge in [-0.15, -0.1) is 0 Å². The van der Waals surface area contributed by atoms with E-state index in [0.29, 0.717) is 24.1 Å². The van der Waals surface area contributed by atoms with Gasteiger partial charge in [0.1, 0.15) is 5.58 Å². The summed E-state index contributed by atoms with van der Waals surface area (Å²) in [7, 11) is 1.96. The third kappa shape index (κ3) is 3.88. The molecule has 0 bridgehead atoms. The summed E-state index contributed by atoms with van der Waals surface area (Å²) in [5.74, 6) is -0.357. The number of fused-ring (bicyclic) bond motifs is 1. The number of rotatable bonds is 5. The van der Waals surface area contributed by atoms with Crippen molar-refractivity contribution in [3.63, 3.8) is 0 Å². The van der Waals surface area contributed by atoms with Crippen LogP contribution in [0.1, 0.15) is 16.1 Å². The number of aryl methyl sites for hydroxylation is 1. The largest absolute Gasteiger partial charge is 0.451 e. The van der Waals surface area contributed by atoms with Crippen LogP contribution in [0.25, 0.3) is 11.0 Å². The maximum atomic E-state index is 12.3. The fourth-order valence-corrected chi connectivity index (χ4v) is 2.62. The van der Waals surface area contributed by atoms with E-state index in [1.807, 2.05) is 55.3 Å². The molecular weight excluding hydrogens is 316 g/mol. The second kappa shape index (κ2) is 7.21. The molecule has 0 spiro atoms. The van der Waals surface area contributed by atoms with E-state index in [0.717, 1.165) is 11.3 Å². The highest BCUT2D eigenvalue weighted by molar-refractivity contribution is 5.93. The Labute approximate surface area is 145 Å². The van der Waals surface area contributed by atoms with Crippen molar-refractivity contribution >= 4 is 22.6 Å². The first-order valence-corrected chi connectivity index (χ1v) is 8.13. The summed E-state index contributed by atoms with van der Waals surface area (Å²) < 4.78 is 5.58. The van der Waals surface area contributed by atoms with Crippen LogP contribution in [0, 0.1) is 6.92 Å². The molecule has 0 aliphatic rings. The van der Waals surface area contributed by atoms with E-state index in [-0.39, 0.29) is 17.1 Å². The lowest BCUT2D eigenvalue weighted by atomic mass is 10.1. The lowest BCUT2D eigenvalue weighted by Gasteiger charge is -2.19. The Morgan fingerprint density at radius 2 is 1.88 bits per heavy atom. The number of likely N-dealkylation sites (N-methyl/N-ethyl adjacent to an activating group) is 1. The van der Waals surface area contributed by atoms with Crippen LogP contribution in [-0.2, 0) is 0 Å². The van der Waals surface area contributed by atoms with Gasteiger partial charge in [-0.3, -0.25) is 9.59 Å². The maximum absolute atomic E-state index is 12.3. The van der Waals surface area contributed by atoms with Gasteiger partial charge in [-0.25, -0.2) is 0 Å². The van der Waals surface area contributed by atoms with Crippen LogP contribution in [0.2, 0.25) is 0 Å². The first kappa shape index (κ1) is 16.8. The van der Waals surface area contributed by atoms with Gasteiger partial charge in [-0.2, -0.15) is 0 Å². The van der Waals surface area contributed by atoms with Gasteiger partial charge in [0.25, 0.3) is 5.91 Å². The summed E-state index contributed by atoms with van der Waals surface area (Å²) in [5.41, 5.74) is 2.26.